The first-order valence-corrected chi connectivity index (χ1v) is 6.95. The average molecular weight is 346 g/mol. The summed E-state index contributed by atoms with van der Waals surface area (Å²) >= 11 is 3.35. The number of cyclic esters (lactones) is 1. The lowest BCUT2D eigenvalue weighted by molar-refractivity contribution is -0.129. The van der Waals surface area contributed by atoms with E-state index < -0.39 is 5.97 Å². The molecule has 21 heavy (non-hydrogen) atoms. The summed E-state index contributed by atoms with van der Waals surface area (Å²) < 4.78 is 18.9. The van der Waals surface area contributed by atoms with Crippen molar-refractivity contribution in [3.8, 4) is 0 Å². The molecule has 0 bridgehead atoms. The van der Waals surface area contributed by atoms with Crippen LogP contribution in [0.15, 0.2) is 63.7 Å². The molecule has 0 fully saturated rings. The molecular weight excluding hydrogens is 337 g/mol. The van der Waals surface area contributed by atoms with Gasteiger partial charge in [0.2, 0.25) is 5.90 Å². The van der Waals surface area contributed by atoms with E-state index in [4.69, 9.17) is 4.74 Å². The van der Waals surface area contributed by atoms with Gasteiger partial charge in [0.05, 0.1) is 0 Å². The van der Waals surface area contributed by atoms with Crippen LogP contribution in [0.1, 0.15) is 11.1 Å². The third-order valence-corrected chi connectivity index (χ3v) is 3.41. The minimum absolute atomic E-state index is 0.184. The van der Waals surface area contributed by atoms with Crippen molar-refractivity contribution < 1.29 is 13.9 Å². The Bertz CT molecular complexity index is 749. The quantitative estimate of drug-likeness (QED) is 0.610. The molecular formula is C16H9BrFNO2. The van der Waals surface area contributed by atoms with Gasteiger partial charge in [0, 0.05) is 10.0 Å². The molecule has 0 atom stereocenters. The van der Waals surface area contributed by atoms with Gasteiger partial charge in [0.1, 0.15) is 5.82 Å². The van der Waals surface area contributed by atoms with E-state index in [0.717, 1.165) is 10.0 Å². The fraction of sp³-hybridized carbons (Fsp3) is 0. The van der Waals surface area contributed by atoms with Crippen molar-refractivity contribution in [3.63, 3.8) is 0 Å². The second-order valence-corrected chi connectivity index (χ2v) is 5.31. The summed E-state index contributed by atoms with van der Waals surface area (Å²) in [7, 11) is 0. The van der Waals surface area contributed by atoms with Crippen LogP contribution < -0.4 is 0 Å². The Kier molecular flexibility index (Phi) is 3.66. The van der Waals surface area contributed by atoms with Crippen molar-refractivity contribution in [2.24, 2.45) is 4.99 Å². The summed E-state index contributed by atoms with van der Waals surface area (Å²) in [5.74, 6) is -0.685. The summed E-state index contributed by atoms with van der Waals surface area (Å²) in [4.78, 5) is 16.0. The van der Waals surface area contributed by atoms with Gasteiger partial charge in [-0.2, -0.15) is 0 Å². The number of carbonyl (C=O) groups is 1. The van der Waals surface area contributed by atoms with Gasteiger partial charge in [-0.15, -0.1) is 0 Å². The minimum atomic E-state index is -0.516. The largest absolute Gasteiger partial charge is 0.402 e. The monoisotopic (exact) mass is 345 g/mol. The number of carbonyl (C=O) groups excluding carboxylic acids is 1. The van der Waals surface area contributed by atoms with E-state index in [-0.39, 0.29) is 17.4 Å². The van der Waals surface area contributed by atoms with E-state index in [1.54, 1.807) is 6.08 Å². The molecule has 0 unspecified atom stereocenters. The number of aliphatic imine (C=N–C) groups is 1. The Balaban J connectivity index is 1.91. The van der Waals surface area contributed by atoms with Gasteiger partial charge in [-0.1, -0.05) is 28.1 Å². The van der Waals surface area contributed by atoms with Crippen LogP contribution in [0.2, 0.25) is 0 Å². The Morgan fingerprint density at radius 1 is 1.05 bits per heavy atom. The van der Waals surface area contributed by atoms with Crippen LogP contribution >= 0.6 is 15.9 Å². The van der Waals surface area contributed by atoms with Crippen molar-refractivity contribution in [2.75, 3.05) is 0 Å². The van der Waals surface area contributed by atoms with Crippen LogP contribution in [-0.4, -0.2) is 11.9 Å². The number of hydrogen-bond donors (Lipinski definition) is 0. The first kappa shape index (κ1) is 13.7. The van der Waals surface area contributed by atoms with Crippen molar-refractivity contribution in [2.45, 2.75) is 0 Å². The number of benzene rings is 2. The summed E-state index contributed by atoms with van der Waals surface area (Å²) in [6.45, 7) is 0. The normalized spacial score (nSPS) is 16.0. The fourth-order valence-corrected chi connectivity index (χ4v) is 2.11. The number of esters is 1. The highest BCUT2D eigenvalue weighted by molar-refractivity contribution is 9.10. The Hall–Kier alpha value is -2.27. The highest BCUT2D eigenvalue weighted by Crippen LogP contribution is 2.20. The molecule has 1 heterocycles. The lowest BCUT2D eigenvalue weighted by atomic mass is 10.2. The van der Waals surface area contributed by atoms with Crippen molar-refractivity contribution in [3.05, 3.63) is 75.6 Å². The van der Waals surface area contributed by atoms with Gasteiger partial charge in [-0.3, -0.25) is 0 Å². The third-order valence-electron chi connectivity index (χ3n) is 2.89. The maximum atomic E-state index is 12.9. The first-order valence-electron chi connectivity index (χ1n) is 6.16. The molecule has 2 aromatic carbocycles. The summed E-state index contributed by atoms with van der Waals surface area (Å²) in [5.41, 5.74) is 1.62. The van der Waals surface area contributed by atoms with Gasteiger partial charge in [-0.05, 0) is 48.0 Å². The summed E-state index contributed by atoms with van der Waals surface area (Å²) in [6.07, 6.45) is 1.64. The predicted molar refractivity (Wildman–Crippen MR) is 81.1 cm³/mol. The van der Waals surface area contributed by atoms with E-state index in [1.165, 1.54) is 24.3 Å². The van der Waals surface area contributed by atoms with Gasteiger partial charge in [-0.25, -0.2) is 14.2 Å². The molecule has 1 aliphatic heterocycles. The summed E-state index contributed by atoms with van der Waals surface area (Å²) in [5, 5.41) is 0. The van der Waals surface area contributed by atoms with Crippen LogP contribution in [-0.2, 0) is 9.53 Å². The minimum Gasteiger partial charge on any atom is -0.402 e. The van der Waals surface area contributed by atoms with E-state index >= 15 is 0 Å². The van der Waals surface area contributed by atoms with Gasteiger partial charge in [0.25, 0.3) is 0 Å². The number of halogens is 2. The zero-order valence-electron chi connectivity index (χ0n) is 10.7. The zero-order chi connectivity index (χ0) is 14.8. The molecule has 1 aliphatic rings. The lowest BCUT2D eigenvalue weighted by Crippen LogP contribution is -2.05. The zero-order valence-corrected chi connectivity index (χ0v) is 12.3. The molecule has 5 heteroatoms. The van der Waals surface area contributed by atoms with Gasteiger partial charge < -0.3 is 4.74 Å². The maximum Gasteiger partial charge on any atom is 0.363 e. The molecule has 0 amide bonds. The molecule has 0 N–H and O–H groups in total. The lowest BCUT2D eigenvalue weighted by Gasteiger charge is -1.98. The van der Waals surface area contributed by atoms with Crippen molar-refractivity contribution >= 4 is 33.9 Å². The molecule has 104 valence electrons. The van der Waals surface area contributed by atoms with E-state index in [1.807, 2.05) is 24.3 Å². The number of ether oxygens (including phenoxy) is 1. The third kappa shape index (κ3) is 3.08. The SMILES string of the molecule is O=C1OC(c2ccc(F)cc2)=N/C1=C\c1ccc(Br)cc1. The predicted octanol–water partition coefficient (Wildman–Crippen LogP) is 3.93. The van der Waals surface area contributed by atoms with Crippen molar-refractivity contribution in [1.29, 1.82) is 0 Å². The van der Waals surface area contributed by atoms with Crippen LogP contribution in [0.5, 0.6) is 0 Å². The second-order valence-electron chi connectivity index (χ2n) is 4.39. The molecule has 3 nitrogen and oxygen atoms in total. The van der Waals surface area contributed by atoms with Gasteiger partial charge >= 0.3 is 5.97 Å². The van der Waals surface area contributed by atoms with E-state index in [0.29, 0.717) is 5.56 Å². The van der Waals surface area contributed by atoms with Crippen LogP contribution in [0.4, 0.5) is 4.39 Å². The molecule has 0 spiro atoms. The highest BCUT2D eigenvalue weighted by atomic mass is 79.9. The average Bonchev–Trinajstić information content (AvgIpc) is 2.83. The first-order chi connectivity index (χ1) is 10.1. The molecule has 0 saturated heterocycles. The fourth-order valence-electron chi connectivity index (χ4n) is 1.84. The van der Waals surface area contributed by atoms with Crippen LogP contribution in [0.25, 0.3) is 6.08 Å². The smallest absolute Gasteiger partial charge is 0.363 e. The van der Waals surface area contributed by atoms with Crippen LogP contribution in [0, 0.1) is 5.82 Å². The number of nitrogens with zero attached hydrogens (tertiary/aromatic N) is 1. The van der Waals surface area contributed by atoms with Crippen LogP contribution in [0.3, 0.4) is 0 Å². The maximum absolute atomic E-state index is 12.9. The molecule has 2 aromatic rings. The molecule has 0 saturated carbocycles. The Morgan fingerprint density at radius 3 is 2.38 bits per heavy atom. The number of hydrogen-bond acceptors (Lipinski definition) is 3. The van der Waals surface area contributed by atoms with E-state index in [2.05, 4.69) is 20.9 Å². The molecule has 0 aromatic heterocycles. The molecule has 3 rings (SSSR count). The Morgan fingerprint density at radius 2 is 1.71 bits per heavy atom. The molecule has 0 aliphatic carbocycles. The standard InChI is InChI=1S/C16H9BrFNO2/c17-12-5-1-10(2-6-12)9-14-16(20)21-15(19-14)11-3-7-13(18)8-4-11/h1-9H/b14-9-. The van der Waals surface area contributed by atoms with Gasteiger partial charge in [0.15, 0.2) is 5.70 Å². The Labute approximate surface area is 128 Å². The number of rotatable bonds is 2. The van der Waals surface area contributed by atoms with Crippen molar-refractivity contribution in [1.82, 2.24) is 0 Å². The molecule has 0 radical (unpaired) electrons. The summed E-state index contributed by atoms with van der Waals surface area (Å²) in [6, 6.07) is 13.1. The van der Waals surface area contributed by atoms with E-state index in [9.17, 15) is 9.18 Å². The highest BCUT2D eigenvalue weighted by Gasteiger charge is 2.23. The second kappa shape index (κ2) is 5.61. The topological polar surface area (TPSA) is 38.7 Å².